The number of hydrogen-bond donors (Lipinski definition) is 0. The zero-order chi connectivity index (χ0) is 18.9. The maximum atomic E-state index is 12.7. The number of rotatable bonds is 6. The molecule has 0 bridgehead atoms. The Morgan fingerprint density at radius 2 is 1.77 bits per heavy atom. The van der Waals surface area contributed by atoms with Crippen LogP contribution in [-0.2, 0) is 19.8 Å². The van der Waals surface area contributed by atoms with E-state index in [-0.39, 0.29) is 23.6 Å². The first-order valence-electron chi connectivity index (χ1n) is 8.79. The molecule has 0 heterocycles. The van der Waals surface area contributed by atoms with Gasteiger partial charge in [0.15, 0.2) is 0 Å². The number of ketones is 1. The van der Waals surface area contributed by atoms with Crippen molar-refractivity contribution in [3.8, 4) is 11.1 Å². The lowest BCUT2D eigenvalue weighted by Gasteiger charge is -2.23. The van der Waals surface area contributed by atoms with E-state index in [1.165, 1.54) is 28.5 Å². The molecule has 2 unspecified atom stereocenters. The van der Waals surface area contributed by atoms with Crippen LogP contribution in [0, 0.1) is 5.92 Å². The highest BCUT2D eigenvalue weighted by Crippen LogP contribution is 2.49. The molecule has 2 aromatic carbocycles. The number of carbonyl (C=O) groups is 2. The SMILES string of the molecule is CC(/C=N/OC=O)C(=O)C(C)c1ccc2c(c1)C(C)(C)c1ccccc1-2. The molecule has 3 rings (SSSR count). The molecule has 0 saturated carbocycles. The van der Waals surface area contributed by atoms with Gasteiger partial charge in [0.2, 0.25) is 0 Å². The summed E-state index contributed by atoms with van der Waals surface area (Å²) in [6, 6.07) is 14.8. The number of fused-ring (bicyclic) bond motifs is 3. The first-order valence-corrected chi connectivity index (χ1v) is 8.79. The fourth-order valence-corrected chi connectivity index (χ4v) is 3.77. The van der Waals surface area contributed by atoms with Crippen LogP contribution < -0.4 is 0 Å². The molecule has 0 spiro atoms. The quantitative estimate of drug-likeness (QED) is 0.335. The Labute approximate surface area is 153 Å². The molecule has 134 valence electrons. The molecule has 0 aliphatic heterocycles. The number of benzene rings is 2. The molecule has 0 saturated heterocycles. The van der Waals surface area contributed by atoms with Gasteiger partial charge in [0, 0.05) is 11.3 Å². The second-order valence-electron chi connectivity index (χ2n) is 7.34. The highest BCUT2D eigenvalue weighted by atomic mass is 16.7. The normalized spacial score (nSPS) is 16.6. The Kier molecular flexibility index (Phi) is 4.77. The van der Waals surface area contributed by atoms with Gasteiger partial charge in [-0.3, -0.25) is 9.59 Å². The van der Waals surface area contributed by atoms with Crippen LogP contribution in [-0.4, -0.2) is 18.5 Å². The van der Waals surface area contributed by atoms with E-state index in [9.17, 15) is 9.59 Å². The van der Waals surface area contributed by atoms with Crippen LogP contribution in [0.2, 0.25) is 0 Å². The summed E-state index contributed by atoms with van der Waals surface area (Å²) in [6.45, 7) is 8.34. The Morgan fingerprint density at radius 1 is 1.08 bits per heavy atom. The molecule has 4 heteroatoms. The van der Waals surface area contributed by atoms with Gasteiger partial charge in [-0.05, 0) is 27.8 Å². The van der Waals surface area contributed by atoms with Crippen molar-refractivity contribution in [3.05, 3.63) is 59.2 Å². The van der Waals surface area contributed by atoms with Gasteiger partial charge >= 0.3 is 6.47 Å². The van der Waals surface area contributed by atoms with Gasteiger partial charge in [-0.25, -0.2) is 0 Å². The third-order valence-electron chi connectivity index (χ3n) is 5.37. The molecule has 2 aromatic rings. The molecule has 26 heavy (non-hydrogen) atoms. The molecule has 0 fully saturated rings. The van der Waals surface area contributed by atoms with E-state index < -0.39 is 5.92 Å². The van der Waals surface area contributed by atoms with Gasteiger partial charge < -0.3 is 4.84 Å². The topological polar surface area (TPSA) is 55.7 Å². The van der Waals surface area contributed by atoms with E-state index in [1.807, 2.05) is 13.0 Å². The van der Waals surface area contributed by atoms with Crippen LogP contribution in [0.1, 0.15) is 50.3 Å². The van der Waals surface area contributed by atoms with Crippen molar-refractivity contribution < 1.29 is 14.4 Å². The van der Waals surface area contributed by atoms with Crippen LogP contribution in [0.15, 0.2) is 47.6 Å². The summed E-state index contributed by atoms with van der Waals surface area (Å²) < 4.78 is 0. The third kappa shape index (κ3) is 2.96. The zero-order valence-electron chi connectivity index (χ0n) is 15.5. The molecule has 2 atom stereocenters. The minimum atomic E-state index is -0.427. The van der Waals surface area contributed by atoms with Crippen LogP contribution in [0.3, 0.4) is 0 Å². The van der Waals surface area contributed by atoms with E-state index in [0.29, 0.717) is 0 Å². The number of carbonyl (C=O) groups excluding carboxylic acids is 2. The van der Waals surface area contributed by atoms with Crippen LogP contribution >= 0.6 is 0 Å². The van der Waals surface area contributed by atoms with E-state index in [4.69, 9.17) is 0 Å². The van der Waals surface area contributed by atoms with E-state index in [1.54, 1.807) is 6.92 Å². The summed E-state index contributed by atoms with van der Waals surface area (Å²) in [4.78, 5) is 27.1. The fourth-order valence-electron chi connectivity index (χ4n) is 3.77. The molecule has 0 aromatic heterocycles. The van der Waals surface area contributed by atoms with Crippen molar-refractivity contribution in [3.63, 3.8) is 0 Å². The zero-order valence-corrected chi connectivity index (χ0v) is 15.5. The van der Waals surface area contributed by atoms with Crippen molar-refractivity contribution in [1.29, 1.82) is 0 Å². The standard InChI is InChI=1S/C22H23NO3/c1-14(12-23-26-13-24)21(25)15(2)16-9-10-18-17-7-5-6-8-19(17)22(3,4)20(18)11-16/h5-15H,1-4H3/b23-12+. The second-order valence-corrected chi connectivity index (χ2v) is 7.34. The van der Waals surface area contributed by atoms with Crippen LogP contribution in [0.4, 0.5) is 0 Å². The van der Waals surface area contributed by atoms with Gasteiger partial charge in [0.1, 0.15) is 5.78 Å². The van der Waals surface area contributed by atoms with Gasteiger partial charge in [0.05, 0.1) is 12.1 Å². The average molecular weight is 349 g/mol. The Hall–Kier alpha value is -2.75. The molecule has 0 N–H and O–H groups in total. The number of nitrogens with zero attached hydrogens (tertiary/aromatic N) is 1. The Morgan fingerprint density at radius 3 is 2.50 bits per heavy atom. The first-order chi connectivity index (χ1) is 12.4. The highest BCUT2D eigenvalue weighted by molar-refractivity contribution is 5.98. The first kappa shape index (κ1) is 18.1. The predicted octanol–water partition coefficient (Wildman–Crippen LogP) is 4.46. The monoisotopic (exact) mass is 349 g/mol. The maximum absolute atomic E-state index is 12.7. The molecule has 1 aliphatic carbocycles. The molecule has 0 amide bonds. The highest BCUT2D eigenvalue weighted by Gasteiger charge is 2.35. The lowest BCUT2D eigenvalue weighted by Crippen LogP contribution is -2.20. The minimum Gasteiger partial charge on any atom is -0.322 e. The summed E-state index contributed by atoms with van der Waals surface area (Å²) in [7, 11) is 0. The summed E-state index contributed by atoms with van der Waals surface area (Å²) in [5.41, 5.74) is 5.98. The fraction of sp³-hybridized carbons (Fsp3) is 0.318. The van der Waals surface area contributed by atoms with E-state index in [2.05, 4.69) is 60.2 Å². The largest absolute Gasteiger partial charge is 0.323 e. The van der Waals surface area contributed by atoms with Crippen molar-refractivity contribution in [2.75, 3.05) is 0 Å². The minimum absolute atomic E-state index is 0.0384. The number of hydrogen-bond acceptors (Lipinski definition) is 4. The van der Waals surface area contributed by atoms with Crippen molar-refractivity contribution in [1.82, 2.24) is 0 Å². The lowest BCUT2D eigenvalue weighted by atomic mass is 9.80. The lowest BCUT2D eigenvalue weighted by molar-refractivity contribution is -0.129. The second kappa shape index (κ2) is 6.87. The Bertz CT molecular complexity index is 883. The van der Waals surface area contributed by atoms with Gasteiger partial charge in [-0.1, -0.05) is 75.3 Å². The van der Waals surface area contributed by atoms with E-state index in [0.717, 1.165) is 5.56 Å². The van der Waals surface area contributed by atoms with Crippen molar-refractivity contribution in [2.45, 2.75) is 39.0 Å². The van der Waals surface area contributed by atoms with Crippen molar-refractivity contribution >= 4 is 18.5 Å². The van der Waals surface area contributed by atoms with Gasteiger partial charge in [-0.2, -0.15) is 0 Å². The third-order valence-corrected chi connectivity index (χ3v) is 5.37. The number of Topliss-reactive ketones (excluding diaryl/α,β-unsaturated/α-hetero) is 1. The predicted molar refractivity (Wildman–Crippen MR) is 102 cm³/mol. The summed E-state index contributed by atoms with van der Waals surface area (Å²) in [5, 5.41) is 3.48. The Balaban J connectivity index is 1.92. The van der Waals surface area contributed by atoms with Gasteiger partial charge in [0.25, 0.3) is 0 Å². The van der Waals surface area contributed by atoms with Crippen LogP contribution in [0.25, 0.3) is 11.1 Å². The van der Waals surface area contributed by atoms with Crippen molar-refractivity contribution in [2.24, 2.45) is 11.1 Å². The average Bonchev–Trinajstić information content (AvgIpc) is 2.88. The summed E-state index contributed by atoms with van der Waals surface area (Å²) in [6.07, 6.45) is 1.36. The molecule has 4 nitrogen and oxygen atoms in total. The summed E-state index contributed by atoms with van der Waals surface area (Å²) in [5.74, 6) is -0.655. The maximum Gasteiger partial charge on any atom is 0.323 e. The molecular formula is C22H23NO3. The van der Waals surface area contributed by atoms with Gasteiger partial charge in [-0.15, -0.1) is 0 Å². The molecule has 0 radical (unpaired) electrons. The molecular weight excluding hydrogens is 326 g/mol. The number of oxime groups is 1. The smallest absolute Gasteiger partial charge is 0.322 e. The van der Waals surface area contributed by atoms with E-state index >= 15 is 0 Å². The van der Waals surface area contributed by atoms with Crippen LogP contribution in [0.5, 0.6) is 0 Å². The molecule has 1 aliphatic rings. The summed E-state index contributed by atoms with van der Waals surface area (Å²) >= 11 is 0.